The SMILES string of the molecule is C[C@H]1[C@H]2C[C@@H](C(C)(C)C)N(C(C)(C)C)[C@@H]12. The van der Waals surface area contributed by atoms with Crippen LogP contribution in [-0.2, 0) is 0 Å². The van der Waals surface area contributed by atoms with E-state index in [1.54, 1.807) is 0 Å². The van der Waals surface area contributed by atoms with Gasteiger partial charge < -0.3 is 0 Å². The van der Waals surface area contributed by atoms with Crippen molar-refractivity contribution in [3.05, 3.63) is 0 Å². The minimum atomic E-state index is 0.335. The molecule has 2 rings (SSSR count). The molecule has 1 saturated carbocycles. The van der Waals surface area contributed by atoms with Crippen molar-refractivity contribution in [2.24, 2.45) is 17.3 Å². The maximum atomic E-state index is 2.81. The average molecular weight is 209 g/mol. The van der Waals surface area contributed by atoms with Gasteiger partial charge in [0.05, 0.1) is 0 Å². The highest BCUT2D eigenvalue weighted by molar-refractivity contribution is 5.15. The van der Waals surface area contributed by atoms with Crippen molar-refractivity contribution >= 4 is 0 Å². The van der Waals surface area contributed by atoms with E-state index in [4.69, 9.17) is 0 Å². The van der Waals surface area contributed by atoms with E-state index < -0.39 is 0 Å². The lowest BCUT2D eigenvalue weighted by Crippen LogP contribution is -2.52. The maximum Gasteiger partial charge on any atom is 0.0164 e. The fraction of sp³-hybridized carbons (Fsp3) is 1.00. The predicted octanol–water partition coefficient (Wildman–Crippen LogP) is 3.54. The van der Waals surface area contributed by atoms with Crippen molar-refractivity contribution < 1.29 is 0 Å². The lowest BCUT2D eigenvalue weighted by atomic mass is 9.82. The first-order valence-corrected chi connectivity index (χ1v) is 6.42. The number of hydrogen-bond acceptors (Lipinski definition) is 1. The maximum absolute atomic E-state index is 2.81. The van der Waals surface area contributed by atoms with Crippen LogP contribution in [0.4, 0.5) is 0 Å². The Kier molecular flexibility index (Phi) is 2.29. The zero-order chi connectivity index (χ0) is 11.6. The van der Waals surface area contributed by atoms with E-state index in [9.17, 15) is 0 Å². The minimum absolute atomic E-state index is 0.335. The molecule has 0 aromatic heterocycles. The third-order valence-corrected chi connectivity index (χ3v) is 4.44. The number of hydrogen-bond donors (Lipinski definition) is 0. The van der Waals surface area contributed by atoms with Gasteiger partial charge in [0, 0.05) is 17.6 Å². The number of rotatable bonds is 0. The van der Waals surface area contributed by atoms with Crippen LogP contribution in [-0.4, -0.2) is 22.5 Å². The summed E-state index contributed by atoms with van der Waals surface area (Å²) in [5.41, 5.74) is 0.766. The monoisotopic (exact) mass is 209 g/mol. The lowest BCUT2D eigenvalue weighted by molar-refractivity contribution is 0.0293. The Bertz CT molecular complexity index is 255. The van der Waals surface area contributed by atoms with Gasteiger partial charge in [-0.05, 0) is 44.4 Å². The van der Waals surface area contributed by atoms with Gasteiger partial charge in [0.25, 0.3) is 0 Å². The molecular formula is C14H27N. The number of fused-ring (bicyclic) bond motifs is 1. The summed E-state index contributed by atoms with van der Waals surface area (Å²) in [5.74, 6) is 1.94. The number of piperidine rings is 1. The smallest absolute Gasteiger partial charge is 0.0164 e. The van der Waals surface area contributed by atoms with Crippen molar-refractivity contribution in [1.29, 1.82) is 0 Å². The molecule has 0 N–H and O–H groups in total. The molecular weight excluding hydrogens is 182 g/mol. The molecule has 2 fully saturated rings. The van der Waals surface area contributed by atoms with Crippen molar-refractivity contribution in [2.75, 3.05) is 0 Å². The summed E-state index contributed by atoms with van der Waals surface area (Å²) in [6.45, 7) is 16.7. The second-order valence-electron chi connectivity index (χ2n) is 7.71. The fourth-order valence-electron chi connectivity index (χ4n) is 3.60. The summed E-state index contributed by atoms with van der Waals surface area (Å²) < 4.78 is 0. The Morgan fingerprint density at radius 3 is 1.93 bits per heavy atom. The summed E-state index contributed by atoms with van der Waals surface area (Å²) in [6.07, 6.45) is 1.42. The Morgan fingerprint density at radius 2 is 1.53 bits per heavy atom. The first-order chi connectivity index (χ1) is 6.64. The van der Waals surface area contributed by atoms with Crippen LogP contribution in [0.3, 0.4) is 0 Å². The van der Waals surface area contributed by atoms with E-state index in [0.29, 0.717) is 11.0 Å². The molecule has 0 spiro atoms. The second-order valence-corrected chi connectivity index (χ2v) is 7.71. The molecule has 88 valence electrons. The van der Waals surface area contributed by atoms with Gasteiger partial charge in [-0.1, -0.05) is 27.7 Å². The first kappa shape index (κ1) is 11.4. The molecule has 0 aromatic carbocycles. The largest absolute Gasteiger partial charge is 0.291 e. The number of nitrogens with zero attached hydrogens (tertiary/aromatic N) is 1. The van der Waals surface area contributed by atoms with Gasteiger partial charge in [-0.2, -0.15) is 0 Å². The topological polar surface area (TPSA) is 3.24 Å². The van der Waals surface area contributed by atoms with Crippen LogP contribution in [0, 0.1) is 17.3 Å². The van der Waals surface area contributed by atoms with Crippen LogP contribution < -0.4 is 0 Å². The molecule has 1 aliphatic carbocycles. The van der Waals surface area contributed by atoms with Crippen LogP contribution in [0.2, 0.25) is 0 Å². The van der Waals surface area contributed by atoms with Gasteiger partial charge in [0.1, 0.15) is 0 Å². The molecule has 0 unspecified atom stereocenters. The highest BCUT2D eigenvalue weighted by Crippen LogP contribution is 2.58. The van der Waals surface area contributed by atoms with E-state index >= 15 is 0 Å². The van der Waals surface area contributed by atoms with E-state index in [2.05, 4.69) is 53.4 Å². The normalized spacial score (nSPS) is 41.8. The summed E-state index contributed by atoms with van der Waals surface area (Å²) in [5, 5.41) is 0. The predicted molar refractivity (Wildman–Crippen MR) is 65.9 cm³/mol. The van der Waals surface area contributed by atoms with Crippen LogP contribution in [0.1, 0.15) is 54.9 Å². The zero-order valence-electron chi connectivity index (χ0n) is 11.5. The molecule has 0 radical (unpaired) electrons. The molecule has 2 aliphatic rings. The van der Waals surface area contributed by atoms with Crippen molar-refractivity contribution in [1.82, 2.24) is 4.90 Å². The van der Waals surface area contributed by atoms with Crippen molar-refractivity contribution in [3.8, 4) is 0 Å². The second kappa shape index (κ2) is 3.00. The minimum Gasteiger partial charge on any atom is -0.291 e. The standard InChI is InChI=1S/C14H27N/c1-9-10-8-11(13(2,3)4)15(12(9)10)14(5,6)7/h9-12H,8H2,1-7H3/t9-,10+,11-,12-/m0/s1. The van der Waals surface area contributed by atoms with E-state index in [0.717, 1.165) is 23.9 Å². The molecule has 0 aromatic rings. The molecule has 1 saturated heterocycles. The highest BCUT2D eigenvalue weighted by atomic mass is 15.3. The van der Waals surface area contributed by atoms with Crippen LogP contribution >= 0.6 is 0 Å². The van der Waals surface area contributed by atoms with E-state index in [1.165, 1.54) is 6.42 Å². The third kappa shape index (κ3) is 1.73. The molecule has 1 nitrogen and oxygen atoms in total. The van der Waals surface area contributed by atoms with E-state index in [1.807, 2.05) is 0 Å². The van der Waals surface area contributed by atoms with Gasteiger partial charge in [-0.3, -0.25) is 4.90 Å². The summed E-state index contributed by atoms with van der Waals surface area (Å²) in [4.78, 5) is 2.81. The Hall–Kier alpha value is -0.0400. The summed E-state index contributed by atoms with van der Waals surface area (Å²) in [6, 6.07) is 1.66. The summed E-state index contributed by atoms with van der Waals surface area (Å²) >= 11 is 0. The number of likely N-dealkylation sites (tertiary alicyclic amines) is 1. The van der Waals surface area contributed by atoms with Crippen LogP contribution in [0.25, 0.3) is 0 Å². The van der Waals surface area contributed by atoms with Gasteiger partial charge in [-0.25, -0.2) is 0 Å². The molecule has 4 atom stereocenters. The highest BCUT2D eigenvalue weighted by Gasteiger charge is 2.62. The molecule has 0 amide bonds. The van der Waals surface area contributed by atoms with Gasteiger partial charge in [0.15, 0.2) is 0 Å². The first-order valence-electron chi connectivity index (χ1n) is 6.42. The Morgan fingerprint density at radius 1 is 1.00 bits per heavy atom. The quantitative estimate of drug-likeness (QED) is 0.590. The molecule has 0 bridgehead atoms. The fourth-order valence-corrected chi connectivity index (χ4v) is 3.60. The van der Waals surface area contributed by atoms with Crippen LogP contribution in [0.15, 0.2) is 0 Å². The van der Waals surface area contributed by atoms with Crippen molar-refractivity contribution in [2.45, 2.75) is 72.5 Å². The Balaban J connectivity index is 2.22. The third-order valence-electron chi connectivity index (χ3n) is 4.44. The molecule has 1 heteroatoms. The van der Waals surface area contributed by atoms with E-state index in [-0.39, 0.29) is 0 Å². The molecule has 1 heterocycles. The zero-order valence-corrected chi connectivity index (χ0v) is 11.5. The Labute approximate surface area is 95.2 Å². The van der Waals surface area contributed by atoms with Crippen LogP contribution in [0.5, 0.6) is 0 Å². The van der Waals surface area contributed by atoms with Crippen molar-refractivity contribution in [3.63, 3.8) is 0 Å². The van der Waals surface area contributed by atoms with Gasteiger partial charge >= 0.3 is 0 Å². The average Bonchev–Trinajstić information content (AvgIpc) is 2.51. The van der Waals surface area contributed by atoms with Gasteiger partial charge in [-0.15, -0.1) is 0 Å². The summed E-state index contributed by atoms with van der Waals surface area (Å²) in [7, 11) is 0. The molecule has 15 heavy (non-hydrogen) atoms. The van der Waals surface area contributed by atoms with Gasteiger partial charge in [0.2, 0.25) is 0 Å². The molecule has 1 aliphatic heterocycles. The lowest BCUT2D eigenvalue weighted by Gasteiger charge is -2.45.